The lowest BCUT2D eigenvalue weighted by atomic mass is 9.81. The van der Waals surface area contributed by atoms with Gasteiger partial charge in [-0.15, -0.1) is 0 Å². The van der Waals surface area contributed by atoms with E-state index in [1.165, 1.54) is 19.2 Å². The van der Waals surface area contributed by atoms with E-state index in [4.69, 9.17) is 9.47 Å². The van der Waals surface area contributed by atoms with Crippen LogP contribution in [0.2, 0.25) is 0 Å². The zero-order valence-electron chi connectivity index (χ0n) is 19.7. The Morgan fingerprint density at radius 1 is 0.861 bits per heavy atom. The first-order chi connectivity index (χ1) is 17.5. The van der Waals surface area contributed by atoms with Crippen molar-refractivity contribution >= 4 is 17.3 Å². The highest BCUT2D eigenvalue weighted by atomic mass is 16.6. The number of methoxy groups -OCH3 is 1. The quantitative estimate of drug-likeness (QED) is 0.169. The Balaban J connectivity index is 1.91. The summed E-state index contributed by atoms with van der Waals surface area (Å²) in [6, 6.07) is 33.4. The molecule has 0 unspecified atom stereocenters. The molecule has 0 aliphatic carbocycles. The van der Waals surface area contributed by atoms with Crippen LogP contribution in [-0.4, -0.2) is 18.0 Å². The number of nitro benzene ring substituents is 1. The van der Waals surface area contributed by atoms with Crippen LogP contribution in [0.1, 0.15) is 22.7 Å². The number of esters is 1. The van der Waals surface area contributed by atoms with E-state index in [2.05, 4.69) is 5.32 Å². The van der Waals surface area contributed by atoms with Crippen molar-refractivity contribution in [3.05, 3.63) is 142 Å². The first kappa shape index (κ1) is 24.6. The van der Waals surface area contributed by atoms with E-state index >= 15 is 0 Å². The molecule has 4 rings (SSSR count). The monoisotopic (exact) mass is 482 g/mol. The van der Waals surface area contributed by atoms with Gasteiger partial charge >= 0.3 is 5.97 Å². The second-order valence-corrected chi connectivity index (χ2v) is 8.16. The molecule has 182 valence electrons. The summed E-state index contributed by atoms with van der Waals surface area (Å²) in [7, 11) is 1.32. The fourth-order valence-electron chi connectivity index (χ4n) is 4.15. The third-order valence-electron chi connectivity index (χ3n) is 5.93. The topological polar surface area (TPSA) is 90.7 Å². The second-order valence-electron chi connectivity index (χ2n) is 8.16. The molecule has 0 aromatic heterocycles. The summed E-state index contributed by atoms with van der Waals surface area (Å²) in [6.45, 7) is 0.130. The minimum Gasteiger partial charge on any atom is -0.467 e. The average Bonchev–Trinajstić information content (AvgIpc) is 2.94. The lowest BCUT2D eigenvalue weighted by Crippen LogP contribution is -2.48. The first-order valence-corrected chi connectivity index (χ1v) is 11.4. The predicted molar refractivity (Wildman–Crippen MR) is 137 cm³/mol. The molecule has 0 aliphatic rings. The summed E-state index contributed by atoms with van der Waals surface area (Å²) in [5.41, 5.74) is 1.15. The van der Waals surface area contributed by atoms with Crippen LogP contribution in [0.4, 0.5) is 11.4 Å². The number of non-ortho nitro benzene ring substituents is 1. The van der Waals surface area contributed by atoms with Crippen LogP contribution in [-0.2, 0) is 26.5 Å². The fraction of sp³-hybridized carbons (Fsp3) is 0.138. The molecule has 7 heteroatoms. The lowest BCUT2D eigenvalue weighted by molar-refractivity contribution is -0.384. The molecule has 0 saturated heterocycles. The Hall–Kier alpha value is -4.49. The third-order valence-corrected chi connectivity index (χ3v) is 5.93. The largest absolute Gasteiger partial charge is 0.467 e. The maximum atomic E-state index is 13.7. The Labute approximate surface area is 209 Å². The minimum absolute atomic E-state index is 0.0502. The number of nitrogens with zero attached hydrogens (tertiary/aromatic N) is 1. The fourth-order valence-corrected chi connectivity index (χ4v) is 4.15. The molecular formula is C29H26N2O5. The molecule has 1 N–H and O–H groups in total. The van der Waals surface area contributed by atoms with Crippen molar-refractivity contribution in [3.63, 3.8) is 0 Å². The van der Waals surface area contributed by atoms with Gasteiger partial charge in [0.2, 0.25) is 5.60 Å². The standard InChI is InChI=1S/C29H26N2O5/c1-35-28(32)29(24-13-7-3-8-14-24,36-21-22-11-5-2-6-12-22)27(30-25-15-9-4-10-16-25)23-17-19-26(20-18-23)31(33)34/h2-20,27,30H,21H2,1H3/t27-,29-/m0/s1. The Morgan fingerprint density at radius 3 is 1.97 bits per heavy atom. The van der Waals surface area contributed by atoms with Gasteiger partial charge in [-0.2, -0.15) is 0 Å². The molecule has 0 radical (unpaired) electrons. The highest BCUT2D eigenvalue weighted by Gasteiger charge is 2.51. The lowest BCUT2D eigenvalue weighted by Gasteiger charge is -2.39. The van der Waals surface area contributed by atoms with E-state index in [-0.39, 0.29) is 12.3 Å². The van der Waals surface area contributed by atoms with Crippen LogP contribution in [0, 0.1) is 10.1 Å². The number of rotatable bonds is 10. The summed E-state index contributed by atoms with van der Waals surface area (Å²) < 4.78 is 11.9. The number of benzene rings is 4. The van der Waals surface area contributed by atoms with Crippen molar-refractivity contribution in [1.82, 2.24) is 0 Å². The maximum Gasteiger partial charge on any atom is 0.345 e. The number of anilines is 1. The van der Waals surface area contributed by atoms with Gasteiger partial charge in [0.15, 0.2) is 0 Å². The van der Waals surface area contributed by atoms with E-state index < -0.39 is 22.5 Å². The minimum atomic E-state index is -1.63. The van der Waals surface area contributed by atoms with Gasteiger partial charge in [0, 0.05) is 17.8 Å². The predicted octanol–water partition coefficient (Wildman–Crippen LogP) is 6.03. The first-order valence-electron chi connectivity index (χ1n) is 11.4. The molecule has 36 heavy (non-hydrogen) atoms. The van der Waals surface area contributed by atoms with Crippen molar-refractivity contribution in [3.8, 4) is 0 Å². The molecule has 4 aromatic carbocycles. The van der Waals surface area contributed by atoms with Crippen molar-refractivity contribution < 1.29 is 19.2 Å². The smallest absolute Gasteiger partial charge is 0.345 e. The number of nitro groups is 1. The molecule has 2 atom stereocenters. The van der Waals surface area contributed by atoms with Gasteiger partial charge in [-0.05, 0) is 28.8 Å². The highest BCUT2D eigenvalue weighted by Crippen LogP contribution is 2.43. The Bertz CT molecular complexity index is 1280. The maximum absolute atomic E-state index is 13.7. The van der Waals surface area contributed by atoms with E-state index in [1.807, 2.05) is 91.0 Å². The van der Waals surface area contributed by atoms with Crippen molar-refractivity contribution in [1.29, 1.82) is 0 Å². The molecule has 0 bridgehead atoms. The summed E-state index contributed by atoms with van der Waals surface area (Å²) in [5, 5.41) is 14.7. The van der Waals surface area contributed by atoms with E-state index in [9.17, 15) is 14.9 Å². The van der Waals surface area contributed by atoms with Crippen LogP contribution in [0.15, 0.2) is 115 Å². The van der Waals surface area contributed by atoms with Gasteiger partial charge in [-0.25, -0.2) is 4.79 Å². The van der Waals surface area contributed by atoms with Crippen molar-refractivity contribution in [2.24, 2.45) is 0 Å². The summed E-state index contributed by atoms with van der Waals surface area (Å²) in [6.07, 6.45) is 0. The molecule has 0 aliphatic heterocycles. The zero-order valence-corrected chi connectivity index (χ0v) is 19.7. The number of nitrogens with one attached hydrogen (secondary N) is 1. The van der Waals surface area contributed by atoms with Crippen molar-refractivity contribution in [2.75, 3.05) is 12.4 Å². The van der Waals surface area contributed by atoms with Crippen LogP contribution in [0.25, 0.3) is 0 Å². The number of para-hydroxylation sites is 1. The van der Waals surface area contributed by atoms with Gasteiger partial charge in [0.25, 0.3) is 5.69 Å². The van der Waals surface area contributed by atoms with Crippen LogP contribution >= 0.6 is 0 Å². The summed E-state index contributed by atoms with van der Waals surface area (Å²) in [5.74, 6) is -0.601. The van der Waals surface area contributed by atoms with Crippen molar-refractivity contribution in [2.45, 2.75) is 18.2 Å². The van der Waals surface area contributed by atoms with Gasteiger partial charge in [-0.3, -0.25) is 10.1 Å². The summed E-state index contributed by atoms with van der Waals surface area (Å²) >= 11 is 0. The SMILES string of the molecule is COC(=O)[C@](OCc1ccccc1)(c1ccccc1)[C@@H](Nc1ccccc1)c1ccc([N+](=O)[O-])cc1. The van der Waals surface area contributed by atoms with E-state index in [0.717, 1.165) is 11.3 Å². The number of hydrogen-bond acceptors (Lipinski definition) is 6. The molecule has 0 fully saturated rings. The number of ether oxygens (including phenoxy) is 2. The summed E-state index contributed by atoms with van der Waals surface area (Å²) in [4.78, 5) is 24.6. The van der Waals surface area contributed by atoms with Gasteiger partial charge in [0.1, 0.15) is 0 Å². The third kappa shape index (κ3) is 5.26. The van der Waals surface area contributed by atoms with E-state index in [0.29, 0.717) is 11.1 Å². The van der Waals surface area contributed by atoms with Crippen LogP contribution in [0.5, 0.6) is 0 Å². The van der Waals surface area contributed by atoms with Crippen LogP contribution in [0.3, 0.4) is 0 Å². The van der Waals surface area contributed by atoms with E-state index in [1.54, 1.807) is 12.1 Å². The average molecular weight is 483 g/mol. The molecule has 4 aromatic rings. The molecule has 0 spiro atoms. The molecule has 0 saturated carbocycles. The highest BCUT2D eigenvalue weighted by molar-refractivity contribution is 5.83. The normalized spacial score (nSPS) is 13.2. The molecular weight excluding hydrogens is 456 g/mol. The van der Waals surface area contributed by atoms with Gasteiger partial charge in [-0.1, -0.05) is 91.0 Å². The van der Waals surface area contributed by atoms with Gasteiger partial charge in [0.05, 0.1) is 24.7 Å². The second kappa shape index (κ2) is 11.3. The van der Waals surface area contributed by atoms with Crippen LogP contribution < -0.4 is 5.32 Å². The molecule has 0 heterocycles. The Kier molecular flexibility index (Phi) is 7.72. The van der Waals surface area contributed by atoms with Gasteiger partial charge < -0.3 is 14.8 Å². The number of carbonyl (C=O) groups is 1. The molecule has 0 amide bonds. The number of carbonyl (C=O) groups excluding carboxylic acids is 1. The molecule has 7 nitrogen and oxygen atoms in total. The zero-order chi connectivity index (χ0) is 25.4. The Morgan fingerprint density at radius 2 is 1.42 bits per heavy atom. The number of hydrogen-bond donors (Lipinski definition) is 1.